The summed E-state index contributed by atoms with van der Waals surface area (Å²) in [4.78, 5) is 14.6. The van der Waals surface area contributed by atoms with Gasteiger partial charge in [0, 0.05) is 37.3 Å². The van der Waals surface area contributed by atoms with Gasteiger partial charge in [-0.2, -0.15) is 0 Å². The molecule has 0 spiro atoms. The zero-order valence-corrected chi connectivity index (χ0v) is 15.8. The minimum atomic E-state index is -0.563. The van der Waals surface area contributed by atoms with Gasteiger partial charge >= 0.3 is 0 Å². The lowest BCUT2D eigenvalue weighted by molar-refractivity contribution is -0.0782. The number of fused-ring (bicyclic) bond motifs is 1. The molecule has 1 N–H and O–H groups in total. The first-order valence-electron chi connectivity index (χ1n) is 8.67. The Bertz CT molecular complexity index is 697. The number of rotatable bonds is 3. The Morgan fingerprint density at radius 3 is 2.88 bits per heavy atom. The highest BCUT2D eigenvalue weighted by atomic mass is 35.5. The van der Waals surface area contributed by atoms with E-state index in [0.29, 0.717) is 13.2 Å². The standard InChI is InChI=1S/C17H23ClN4O2S/c1-17(23)2-4-21(5-3-17)16(22-6-7-24-15(18)10-22)13-8-12-14(25-13)9-19-11-20-12/h8-9,11,15-16,23H,2-7,10H2,1H3. The molecule has 0 aliphatic carbocycles. The number of piperidine rings is 1. The maximum absolute atomic E-state index is 10.3. The van der Waals surface area contributed by atoms with E-state index >= 15 is 0 Å². The maximum atomic E-state index is 10.3. The van der Waals surface area contributed by atoms with Crippen molar-refractivity contribution >= 4 is 33.2 Å². The number of hydrogen-bond donors (Lipinski definition) is 1. The van der Waals surface area contributed by atoms with E-state index in [1.165, 1.54) is 4.88 Å². The fraction of sp³-hybridized carbons (Fsp3) is 0.647. The number of thiophene rings is 1. The molecule has 2 unspecified atom stereocenters. The highest BCUT2D eigenvalue weighted by Crippen LogP contribution is 2.37. The van der Waals surface area contributed by atoms with Crippen LogP contribution >= 0.6 is 22.9 Å². The van der Waals surface area contributed by atoms with E-state index in [1.54, 1.807) is 17.7 Å². The van der Waals surface area contributed by atoms with E-state index in [1.807, 2.05) is 13.1 Å². The number of aliphatic hydroxyl groups is 1. The number of hydrogen-bond acceptors (Lipinski definition) is 7. The number of likely N-dealkylation sites (tertiary alicyclic amines) is 1. The average Bonchev–Trinajstić information content (AvgIpc) is 3.00. The van der Waals surface area contributed by atoms with Gasteiger partial charge in [-0.15, -0.1) is 11.3 Å². The summed E-state index contributed by atoms with van der Waals surface area (Å²) in [5, 5.41) is 10.3. The summed E-state index contributed by atoms with van der Waals surface area (Å²) in [7, 11) is 0. The molecule has 6 nitrogen and oxygen atoms in total. The van der Waals surface area contributed by atoms with Crippen molar-refractivity contribution in [1.82, 2.24) is 19.8 Å². The van der Waals surface area contributed by atoms with Crippen LogP contribution in [0.25, 0.3) is 10.2 Å². The van der Waals surface area contributed by atoms with Crippen LogP contribution in [0.4, 0.5) is 0 Å². The van der Waals surface area contributed by atoms with Gasteiger partial charge in [0.15, 0.2) is 0 Å². The predicted octanol–water partition coefficient (Wildman–Crippen LogP) is 2.43. The van der Waals surface area contributed by atoms with Gasteiger partial charge in [-0.1, -0.05) is 11.6 Å². The second-order valence-electron chi connectivity index (χ2n) is 7.10. The van der Waals surface area contributed by atoms with Crippen LogP contribution in [0, 0.1) is 0 Å². The van der Waals surface area contributed by atoms with Crippen LogP contribution in [-0.4, -0.2) is 68.8 Å². The van der Waals surface area contributed by atoms with Crippen molar-refractivity contribution in [3.8, 4) is 0 Å². The molecule has 2 aromatic heterocycles. The summed E-state index contributed by atoms with van der Waals surface area (Å²) < 4.78 is 6.62. The van der Waals surface area contributed by atoms with Gasteiger partial charge in [0.25, 0.3) is 0 Å². The number of morpholine rings is 1. The molecule has 2 aliphatic rings. The number of ether oxygens (including phenoxy) is 1. The van der Waals surface area contributed by atoms with Gasteiger partial charge in [-0.25, -0.2) is 9.97 Å². The summed E-state index contributed by atoms with van der Waals surface area (Å²) in [5.74, 6) is 0. The summed E-state index contributed by atoms with van der Waals surface area (Å²) >= 11 is 8.00. The fourth-order valence-electron chi connectivity index (χ4n) is 3.62. The molecule has 136 valence electrons. The first kappa shape index (κ1) is 17.6. The van der Waals surface area contributed by atoms with Crippen molar-refractivity contribution in [1.29, 1.82) is 0 Å². The van der Waals surface area contributed by atoms with Crippen molar-refractivity contribution < 1.29 is 9.84 Å². The maximum Gasteiger partial charge on any atom is 0.143 e. The predicted molar refractivity (Wildman–Crippen MR) is 98.8 cm³/mol. The minimum Gasteiger partial charge on any atom is -0.390 e. The molecule has 2 atom stereocenters. The van der Waals surface area contributed by atoms with Crippen molar-refractivity contribution in [2.24, 2.45) is 0 Å². The van der Waals surface area contributed by atoms with Crippen LogP contribution in [0.1, 0.15) is 30.8 Å². The molecule has 0 amide bonds. The molecule has 2 fully saturated rings. The molecular weight excluding hydrogens is 360 g/mol. The van der Waals surface area contributed by atoms with Gasteiger partial charge in [0.1, 0.15) is 11.9 Å². The zero-order chi connectivity index (χ0) is 17.4. The van der Waals surface area contributed by atoms with Gasteiger partial charge in [0.2, 0.25) is 0 Å². The van der Waals surface area contributed by atoms with Crippen molar-refractivity contribution in [2.45, 2.75) is 37.1 Å². The second kappa shape index (κ2) is 7.06. The first-order valence-corrected chi connectivity index (χ1v) is 9.93. The molecule has 8 heteroatoms. The largest absolute Gasteiger partial charge is 0.390 e. The molecule has 4 heterocycles. The number of alkyl halides is 1. The van der Waals surface area contributed by atoms with Crippen molar-refractivity contribution in [3.63, 3.8) is 0 Å². The quantitative estimate of drug-likeness (QED) is 0.823. The van der Waals surface area contributed by atoms with E-state index in [9.17, 15) is 5.11 Å². The molecule has 2 aromatic rings. The van der Waals surface area contributed by atoms with E-state index in [-0.39, 0.29) is 11.7 Å². The average molecular weight is 383 g/mol. The summed E-state index contributed by atoms with van der Waals surface area (Å²) in [6.45, 7) is 5.84. The van der Waals surface area contributed by atoms with Crippen LogP contribution in [0.5, 0.6) is 0 Å². The lowest BCUT2D eigenvalue weighted by Gasteiger charge is -2.45. The molecule has 25 heavy (non-hydrogen) atoms. The Morgan fingerprint density at radius 2 is 2.16 bits per heavy atom. The molecule has 4 rings (SSSR count). The van der Waals surface area contributed by atoms with Gasteiger partial charge in [-0.3, -0.25) is 9.80 Å². The number of halogens is 1. The van der Waals surface area contributed by atoms with E-state index < -0.39 is 5.60 Å². The van der Waals surface area contributed by atoms with E-state index in [0.717, 1.165) is 42.7 Å². The van der Waals surface area contributed by atoms with Gasteiger partial charge < -0.3 is 9.84 Å². The lowest BCUT2D eigenvalue weighted by atomic mass is 9.93. The van der Waals surface area contributed by atoms with Gasteiger partial charge in [-0.05, 0) is 25.8 Å². The second-order valence-corrected chi connectivity index (χ2v) is 8.71. The number of nitrogens with zero attached hydrogens (tertiary/aromatic N) is 4. The van der Waals surface area contributed by atoms with Crippen LogP contribution in [0.2, 0.25) is 0 Å². The lowest BCUT2D eigenvalue weighted by Crippen LogP contribution is -2.52. The van der Waals surface area contributed by atoms with Gasteiger partial charge in [0.05, 0.1) is 28.6 Å². The van der Waals surface area contributed by atoms with Crippen LogP contribution in [0.3, 0.4) is 0 Å². The Labute approximate surface area is 156 Å². The summed E-state index contributed by atoms with van der Waals surface area (Å²) in [6, 6.07) is 2.16. The van der Waals surface area contributed by atoms with Crippen molar-refractivity contribution in [3.05, 3.63) is 23.5 Å². The normalized spacial score (nSPS) is 26.8. The van der Waals surface area contributed by atoms with Crippen molar-refractivity contribution in [2.75, 3.05) is 32.8 Å². The highest BCUT2D eigenvalue weighted by molar-refractivity contribution is 7.19. The third kappa shape index (κ3) is 3.82. The van der Waals surface area contributed by atoms with Crippen LogP contribution in [0.15, 0.2) is 18.6 Å². The molecule has 0 bridgehead atoms. The smallest absolute Gasteiger partial charge is 0.143 e. The zero-order valence-electron chi connectivity index (χ0n) is 14.3. The summed E-state index contributed by atoms with van der Waals surface area (Å²) in [6.07, 6.45) is 5.17. The molecule has 0 aromatic carbocycles. The monoisotopic (exact) mass is 382 g/mol. The third-order valence-corrected chi connectivity index (χ3v) is 6.45. The van der Waals surface area contributed by atoms with Crippen LogP contribution < -0.4 is 0 Å². The van der Waals surface area contributed by atoms with E-state index in [4.69, 9.17) is 16.3 Å². The first-order chi connectivity index (χ1) is 12.0. The Kier molecular flexibility index (Phi) is 4.96. The molecule has 2 saturated heterocycles. The molecule has 2 aliphatic heterocycles. The Balaban J connectivity index is 1.65. The minimum absolute atomic E-state index is 0.139. The fourth-order valence-corrected chi connectivity index (χ4v) is 5.05. The molecule has 0 radical (unpaired) electrons. The number of aromatic nitrogens is 2. The van der Waals surface area contributed by atoms with E-state index in [2.05, 4.69) is 25.8 Å². The highest BCUT2D eigenvalue weighted by Gasteiger charge is 2.36. The van der Waals surface area contributed by atoms with Crippen LogP contribution in [-0.2, 0) is 4.74 Å². The molecular formula is C17H23ClN4O2S. The summed E-state index contributed by atoms with van der Waals surface area (Å²) in [5.41, 5.74) is 0.144. The molecule has 0 saturated carbocycles. The topological polar surface area (TPSA) is 61.7 Å². The Hall–Kier alpha value is -0.830. The SMILES string of the molecule is CC1(O)CCN(C(c2cc3ncncc3s2)N2CCOC(Cl)C2)CC1. The third-order valence-electron chi connectivity index (χ3n) is 5.09. The Morgan fingerprint density at radius 1 is 1.36 bits per heavy atom.